The number of nitrogens with one attached hydrogen (secondary N) is 1. The van der Waals surface area contributed by atoms with Crippen LogP contribution in [0.3, 0.4) is 0 Å². The molecule has 2 heterocycles. The van der Waals surface area contributed by atoms with Gasteiger partial charge < -0.3 is 10.4 Å². The van der Waals surface area contributed by atoms with E-state index in [1.54, 1.807) is 24.8 Å². The highest BCUT2D eigenvalue weighted by molar-refractivity contribution is 5.02. The van der Waals surface area contributed by atoms with Crippen molar-refractivity contribution in [2.45, 2.75) is 38.3 Å². The number of aliphatic hydroxyl groups is 1. The summed E-state index contributed by atoms with van der Waals surface area (Å²) in [5.41, 5.74) is -0.270. The largest absolute Gasteiger partial charge is 0.384 e. The van der Waals surface area contributed by atoms with Gasteiger partial charge in [0.05, 0.1) is 12.2 Å². The third-order valence-corrected chi connectivity index (χ3v) is 2.73. The molecule has 1 aromatic rings. The lowest BCUT2D eigenvalue weighted by Gasteiger charge is -2.22. The molecule has 0 amide bonds. The van der Waals surface area contributed by atoms with Crippen molar-refractivity contribution < 1.29 is 5.11 Å². The predicted molar refractivity (Wildman–Crippen MR) is 56.4 cm³/mol. The molecule has 1 aromatic heterocycles. The maximum absolute atomic E-state index is 9.77. The van der Waals surface area contributed by atoms with Crippen molar-refractivity contribution in [3.63, 3.8) is 0 Å². The Morgan fingerprint density at radius 1 is 1.60 bits per heavy atom. The topological polar surface area (TPSA) is 63.0 Å². The van der Waals surface area contributed by atoms with Gasteiger partial charge in [0.15, 0.2) is 0 Å². The lowest BCUT2D eigenvalue weighted by atomic mass is 10.1. The normalized spacial score (nSPS) is 23.0. The van der Waals surface area contributed by atoms with E-state index in [1.807, 2.05) is 0 Å². The highest BCUT2D eigenvalue weighted by Crippen LogP contribution is 2.19. The molecule has 0 spiro atoms. The molecule has 5 nitrogen and oxygen atoms in total. The van der Waals surface area contributed by atoms with Gasteiger partial charge in [0.1, 0.15) is 11.3 Å². The van der Waals surface area contributed by atoms with Crippen LogP contribution in [0.15, 0.2) is 6.20 Å². The van der Waals surface area contributed by atoms with Crippen molar-refractivity contribution in [3.8, 4) is 0 Å². The number of rotatable bonds is 2. The second-order valence-electron chi connectivity index (χ2n) is 4.61. The Morgan fingerprint density at radius 2 is 2.40 bits per heavy atom. The molecule has 1 atom stereocenters. The quantitative estimate of drug-likeness (QED) is 0.743. The van der Waals surface area contributed by atoms with Gasteiger partial charge >= 0.3 is 0 Å². The van der Waals surface area contributed by atoms with Crippen molar-refractivity contribution in [1.82, 2.24) is 20.3 Å². The molecule has 0 saturated carbocycles. The number of piperidine rings is 1. The maximum atomic E-state index is 9.77. The van der Waals surface area contributed by atoms with Crippen LogP contribution in [0, 0.1) is 0 Å². The smallest absolute Gasteiger partial charge is 0.114 e. The molecule has 1 saturated heterocycles. The lowest BCUT2D eigenvalue weighted by molar-refractivity contribution is 0.0726. The standard InChI is InChI=1S/C10H18N4O/c1-10(2,15)9-7-12-14(13-9)8-4-3-5-11-6-8/h7-8,11,15H,3-6H2,1-2H3. The SMILES string of the molecule is CC(C)(O)c1cnn(C2CCCNC2)n1. The number of hydrogen-bond donors (Lipinski definition) is 2. The Bertz CT molecular complexity index is 322. The van der Waals surface area contributed by atoms with Crippen LogP contribution in [0.4, 0.5) is 0 Å². The summed E-state index contributed by atoms with van der Waals surface area (Å²) >= 11 is 0. The van der Waals surface area contributed by atoms with Crippen LogP contribution in [0.25, 0.3) is 0 Å². The van der Waals surface area contributed by atoms with Crippen LogP contribution in [0.5, 0.6) is 0 Å². The average Bonchev–Trinajstić information content (AvgIpc) is 2.67. The van der Waals surface area contributed by atoms with E-state index in [0.717, 1.165) is 25.9 Å². The van der Waals surface area contributed by atoms with Gasteiger partial charge in [0.2, 0.25) is 0 Å². The molecule has 1 fully saturated rings. The third kappa shape index (κ3) is 2.35. The van der Waals surface area contributed by atoms with E-state index < -0.39 is 5.60 Å². The molecule has 5 heteroatoms. The molecule has 1 aliphatic heterocycles. The highest BCUT2D eigenvalue weighted by atomic mass is 16.3. The van der Waals surface area contributed by atoms with Gasteiger partial charge in [-0.1, -0.05) is 0 Å². The van der Waals surface area contributed by atoms with Crippen molar-refractivity contribution >= 4 is 0 Å². The molecule has 1 aliphatic rings. The Balaban J connectivity index is 2.12. The predicted octanol–water partition coefficient (Wildman–Crippen LogP) is 0.430. The lowest BCUT2D eigenvalue weighted by Crippen LogP contribution is -2.33. The van der Waals surface area contributed by atoms with Crippen LogP contribution >= 0.6 is 0 Å². The van der Waals surface area contributed by atoms with Gasteiger partial charge in [-0.2, -0.15) is 15.0 Å². The first kappa shape index (κ1) is 10.6. The monoisotopic (exact) mass is 210 g/mol. The fourth-order valence-corrected chi connectivity index (χ4v) is 1.76. The van der Waals surface area contributed by atoms with Gasteiger partial charge in [-0.05, 0) is 33.2 Å². The van der Waals surface area contributed by atoms with Crippen LogP contribution in [-0.4, -0.2) is 33.2 Å². The molecule has 0 radical (unpaired) electrons. The van der Waals surface area contributed by atoms with Crippen LogP contribution in [-0.2, 0) is 5.60 Å². The van der Waals surface area contributed by atoms with E-state index in [1.165, 1.54) is 0 Å². The minimum Gasteiger partial charge on any atom is -0.384 e. The highest BCUT2D eigenvalue weighted by Gasteiger charge is 2.23. The Labute approximate surface area is 89.5 Å². The molecule has 84 valence electrons. The first-order valence-electron chi connectivity index (χ1n) is 5.43. The second kappa shape index (κ2) is 3.90. The molecule has 2 rings (SSSR count). The summed E-state index contributed by atoms with van der Waals surface area (Å²) in [5.74, 6) is 0. The first-order chi connectivity index (χ1) is 7.07. The summed E-state index contributed by atoms with van der Waals surface area (Å²) in [6.45, 7) is 5.44. The summed E-state index contributed by atoms with van der Waals surface area (Å²) < 4.78 is 0. The Hall–Kier alpha value is -0.940. The summed E-state index contributed by atoms with van der Waals surface area (Å²) in [4.78, 5) is 1.72. The van der Waals surface area contributed by atoms with Crippen LogP contribution in [0.2, 0.25) is 0 Å². The fourth-order valence-electron chi connectivity index (χ4n) is 1.76. The zero-order chi connectivity index (χ0) is 10.9. The number of nitrogens with zero attached hydrogens (tertiary/aromatic N) is 3. The number of aromatic nitrogens is 3. The second-order valence-corrected chi connectivity index (χ2v) is 4.61. The van der Waals surface area contributed by atoms with Crippen molar-refractivity contribution in [1.29, 1.82) is 0 Å². The van der Waals surface area contributed by atoms with E-state index in [2.05, 4.69) is 15.5 Å². The minimum absolute atomic E-state index is 0.329. The van der Waals surface area contributed by atoms with E-state index >= 15 is 0 Å². The van der Waals surface area contributed by atoms with E-state index in [4.69, 9.17) is 0 Å². The van der Waals surface area contributed by atoms with Gasteiger partial charge in [-0.25, -0.2) is 0 Å². The zero-order valence-electron chi connectivity index (χ0n) is 9.27. The van der Waals surface area contributed by atoms with Gasteiger partial charge in [0.25, 0.3) is 0 Å². The summed E-state index contributed by atoms with van der Waals surface area (Å²) in [7, 11) is 0. The van der Waals surface area contributed by atoms with Gasteiger partial charge in [-0.3, -0.25) is 0 Å². The minimum atomic E-state index is -0.902. The maximum Gasteiger partial charge on any atom is 0.114 e. The molecule has 2 N–H and O–H groups in total. The molecule has 0 bridgehead atoms. The average molecular weight is 210 g/mol. The third-order valence-electron chi connectivity index (χ3n) is 2.73. The number of hydrogen-bond acceptors (Lipinski definition) is 4. The fraction of sp³-hybridized carbons (Fsp3) is 0.800. The van der Waals surface area contributed by atoms with Gasteiger partial charge in [0, 0.05) is 6.54 Å². The van der Waals surface area contributed by atoms with Crippen LogP contribution in [0.1, 0.15) is 38.4 Å². The molecule has 15 heavy (non-hydrogen) atoms. The van der Waals surface area contributed by atoms with Crippen molar-refractivity contribution in [2.75, 3.05) is 13.1 Å². The van der Waals surface area contributed by atoms with Crippen molar-refractivity contribution in [2.24, 2.45) is 0 Å². The van der Waals surface area contributed by atoms with E-state index in [0.29, 0.717) is 11.7 Å². The Morgan fingerprint density at radius 3 is 2.93 bits per heavy atom. The van der Waals surface area contributed by atoms with Crippen molar-refractivity contribution in [3.05, 3.63) is 11.9 Å². The zero-order valence-corrected chi connectivity index (χ0v) is 9.27. The van der Waals surface area contributed by atoms with E-state index in [-0.39, 0.29) is 0 Å². The molecule has 1 unspecified atom stereocenters. The summed E-state index contributed by atoms with van der Waals surface area (Å²) in [5, 5.41) is 21.6. The summed E-state index contributed by atoms with van der Waals surface area (Å²) in [6, 6.07) is 0.329. The molecule has 0 aliphatic carbocycles. The summed E-state index contributed by atoms with van der Waals surface area (Å²) in [6.07, 6.45) is 3.91. The van der Waals surface area contributed by atoms with Crippen LogP contribution < -0.4 is 5.32 Å². The Kier molecular flexibility index (Phi) is 2.75. The molecular weight excluding hydrogens is 192 g/mol. The molecular formula is C10H18N4O. The van der Waals surface area contributed by atoms with Gasteiger partial charge in [-0.15, -0.1) is 0 Å². The first-order valence-corrected chi connectivity index (χ1v) is 5.43. The van der Waals surface area contributed by atoms with E-state index in [9.17, 15) is 5.11 Å². The molecule has 0 aromatic carbocycles.